The molecule has 8 heteroatoms. The van der Waals surface area contributed by atoms with Gasteiger partial charge in [0.05, 0.1) is 0 Å². The number of halogens is 2. The van der Waals surface area contributed by atoms with Crippen molar-refractivity contribution in [2.45, 2.75) is 25.7 Å². The van der Waals surface area contributed by atoms with Crippen molar-refractivity contribution in [3.8, 4) is 0 Å². The standard InChI is InChI=1S/C22H26Cl2N4O2/c23-17-6-2-8-19(11-17)27-21(29)25-13-15-4-1-5-16(10-15)14-26-22(30)28-20-9-3-7-18(24)12-20/h2-3,6-9,11-12,15-16H,1,4-5,10,13-14H2,(H2,25,27,29)(H2,26,28,30). The third kappa shape index (κ3) is 7.43. The van der Waals surface area contributed by atoms with Crippen molar-refractivity contribution < 1.29 is 9.59 Å². The molecule has 1 aliphatic rings. The lowest BCUT2D eigenvalue weighted by atomic mass is 9.81. The second-order valence-corrected chi connectivity index (χ2v) is 8.46. The summed E-state index contributed by atoms with van der Waals surface area (Å²) in [6.45, 7) is 1.22. The summed E-state index contributed by atoms with van der Waals surface area (Å²) in [6.07, 6.45) is 4.20. The Morgan fingerprint density at radius 3 is 1.70 bits per heavy atom. The van der Waals surface area contributed by atoms with E-state index in [1.54, 1.807) is 48.5 Å². The fraction of sp³-hybridized carbons (Fsp3) is 0.364. The van der Waals surface area contributed by atoms with E-state index in [0.717, 1.165) is 25.7 Å². The smallest absolute Gasteiger partial charge is 0.319 e. The average molecular weight is 449 g/mol. The van der Waals surface area contributed by atoms with Crippen LogP contribution in [0.5, 0.6) is 0 Å². The van der Waals surface area contributed by atoms with Crippen LogP contribution < -0.4 is 21.3 Å². The van der Waals surface area contributed by atoms with Crippen LogP contribution in [-0.2, 0) is 0 Å². The van der Waals surface area contributed by atoms with Crippen LogP contribution in [0.25, 0.3) is 0 Å². The Labute approximate surface area is 186 Å². The van der Waals surface area contributed by atoms with Crippen LogP contribution in [-0.4, -0.2) is 25.2 Å². The van der Waals surface area contributed by atoms with Crippen LogP contribution in [0.2, 0.25) is 10.0 Å². The zero-order chi connectivity index (χ0) is 21.3. The number of nitrogens with one attached hydrogen (secondary N) is 4. The first-order valence-electron chi connectivity index (χ1n) is 10.1. The molecule has 2 unspecified atom stereocenters. The molecule has 2 atom stereocenters. The second kappa shape index (κ2) is 11.1. The predicted octanol–water partition coefficient (Wildman–Crippen LogP) is 5.74. The molecule has 0 radical (unpaired) electrons. The van der Waals surface area contributed by atoms with Crippen LogP contribution in [0.4, 0.5) is 21.0 Å². The van der Waals surface area contributed by atoms with Crippen LogP contribution in [0, 0.1) is 11.8 Å². The van der Waals surface area contributed by atoms with Gasteiger partial charge in [0.1, 0.15) is 0 Å². The number of urea groups is 2. The van der Waals surface area contributed by atoms with Crippen molar-refractivity contribution in [3.05, 3.63) is 58.6 Å². The Bertz CT molecular complexity index is 808. The van der Waals surface area contributed by atoms with Crippen molar-refractivity contribution in [1.29, 1.82) is 0 Å². The minimum Gasteiger partial charge on any atom is -0.338 e. The quantitative estimate of drug-likeness (QED) is 0.453. The van der Waals surface area contributed by atoms with Gasteiger partial charge in [0.25, 0.3) is 0 Å². The van der Waals surface area contributed by atoms with Crippen LogP contribution in [0.15, 0.2) is 48.5 Å². The largest absolute Gasteiger partial charge is 0.338 e. The molecular formula is C22H26Cl2N4O2. The third-order valence-electron chi connectivity index (χ3n) is 5.16. The van der Waals surface area contributed by atoms with Crippen LogP contribution in [0.1, 0.15) is 25.7 Å². The second-order valence-electron chi connectivity index (χ2n) is 7.59. The molecule has 4 amide bonds. The van der Waals surface area contributed by atoms with Crippen molar-refractivity contribution in [2.24, 2.45) is 11.8 Å². The lowest BCUT2D eigenvalue weighted by molar-refractivity contribution is 0.230. The zero-order valence-electron chi connectivity index (χ0n) is 16.6. The summed E-state index contributed by atoms with van der Waals surface area (Å²) in [7, 11) is 0. The molecule has 0 spiro atoms. The van der Waals surface area contributed by atoms with Crippen molar-refractivity contribution in [3.63, 3.8) is 0 Å². The summed E-state index contributed by atoms with van der Waals surface area (Å²) in [6, 6.07) is 13.6. The highest BCUT2D eigenvalue weighted by Crippen LogP contribution is 2.28. The van der Waals surface area contributed by atoms with Gasteiger partial charge in [-0.3, -0.25) is 0 Å². The predicted molar refractivity (Wildman–Crippen MR) is 122 cm³/mol. The number of anilines is 2. The van der Waals surface area contributed by atoms with Crippen LogP contribution >= 0.6 is 23.2 Å². The first kappa shape index (κ1) is 22.2. The first-order valence-corrected chi connectivity index (χ1v) is 10.8. The maximum atomic E-state index is 12.1. The lowest BCUT2D eigenvalue weighted by Crippen LogP contribution is -2.38. The minimum absolute atomic E-state index is 0.238. The highest BCUT2D eigenvalue weighted by molar-refractivity contribution is 6.31. The summed E-state index contributed by atoms with van der Waals surface area (Å²) in [4.78, 5) is 24.2. The number of rotatable bonds is 6. The van der Waals surface area contributed by atoms with Gasteiger partial charge in [-0.15, -0.1) is 0 Å². The van der Waals surface area contributed by atoms with Gasteiger partial charge < -0.3 is 21.3 Å². The normalized spacial score (nSPS) is 18.3. The number of benzene rings is 2. The van der Waals surface area contributed by atoms with E-state index in [1.165, 1.54) is 0 Å². The Hall–Kier alpha value is -2.44. The van der Waals surface area contributed by atoms with Crippen molar-refractivity contribution in [1.82, 2.24) is 10.6 Å². The summed E-state index contributed by atoms with van der Waals surface area (Å²) >= 11 is 11.9. The van der Waals surface area contributed by atoms with Gasteiger partial charge >= 0.3 is 12.1 Å². The molecule has 0 aromatic heterocycles. The number of carbonyl (C=O) groups is 2. The number of carbonyl (C=O) groups excluding carboxylic acids is 2. The molecule has 0 heterocycles. The van der Waals surface area contributed by atoms with Gasteiger partial charge in [-0.05, 0) is 67.5 Å². The SMILES string of the molecule is O=C(NCC1CCCC(CNC(=O)Nc2cccc(Cl)c2)C1)Nc1cccc(Cl)c1. The first-order chi connectivity index (χ1) is 14.5. The summed E-state index contributed by atoms with van der Waals surface area (Å²) in [5.41, 5.74) is 1.33. The molecule has 2 aromatic rings. The van der Waals surface area contributed by atoms with Gasteiger partial charge in [0.2, 0.25) is 0 Å². The van der Waals surface area contributed by atoms with Gasteiger partial charge in [-0.2, -0.15) is 0 Å². The molecule has 0 saturated heterocycles. The molecule has 160 valence electrons. The molecule has 4 N–H and O–H groups in total. The zero-order valence-corrected chi connectivity index (χ0v) is 18.1. The van der Waals surface area contributed by atoms with Crippen molar-refractivity contribution >= 4 is 46.6 Å². The highest BCUT2D eigenvalue weighted by atomic mass is 35.5. The van der Waals surface area contributed by atoms with E-state index in [1.807, 2.05) is 0 Å². The number of amides is 4. The number of hydrogen-bond donors (Lipinski definition) is 4. The summed E-state index contributed by atoms with van der Waals surface area (Å²) < 4.78 is 0. The van der Waals surface area contributed by atoms with Crippen LogP contribution in [0.3, 0.4) is 0 Å². The highest BCUT2D eigenvalue weighted by Gasteiger charge is 2.23. The van der Waals surface area contributed by atoms with E-state index in [9.17, 15) is 9.59 Å². The summed E-state index contributed by atoms with van der Waals surface area (Å²) in [5.74, 6) is 0.790. The fourth-order valence-electron chi connectivity index (χ4n) is 3.73. The molecule has 1 saturated carbocycles. The number of hydrogen-bond acceptors (Lipinski definition) is 2. The minimum atomic E-state index is -0.238. The van der Waals surface area contributed by atoms with Gasteiger partial charge in [0, 0.05) is 34.5 Å². The van der Waals surface area contributed by atoms with E-state index in [-0.39, 0.29) is 12.1 Å². The molecule has 1 fully saturated rings. The van der Waals surface area contributed by atoms with Gasteiger partial charge in [0.15, 0.2) is 0 Å². The Kier molecular flexibility index (Phi) is 8.22. The Balaban J connectivity index is 1.37. The van der Waals surface area contributed by atoms with E-state index in [0.29, 0.717) is 46.3 Å². The molecule has 1 aliphatic carbocycles. The molecule has 0 bridgehead atoms. The van der Waals surface area contributed by atoms with E-state index < -0.39 is 0 Å². The Morgan fingerprint density at radius 1 is 0.800 bits per heavy atom. The molecule has 30 heavy (non-hydrogen) atoms. The van der Waals surface area contributed by atoms with Crippen molar-refractivity contribution in [2.75, 3.05) is 23.7 Å². The molecule has 3 rings (SSSR count). The summed E-state index contributed by atoms with van der Waals surface area (Å²) in [5, 5.41) is 12.6. The van der Waals surface area contributed by atoms with E-state index in [4.69, 9.17) is 23.2 Å². The average Bonchev–Trinajstić information content (AvgIpc) is 2.71. The van der Waals surface area contributed by atoms with Gasteiger partial charge in [-0.25, -0.2) is 9.59 Å². The molecular weight excluding hydrogens is 423 g/mol. The molecule has 2 aromatic carbocycles. The van der Waals surface area contributed by atoms with Gasteiger partial charge in [-0.1, -0.05) is 41.8 Å². The molecule has 0 aliphatic heterocycles. The van der Waals surface area contributed by atoms with E-state index in [2.05, 4.69) is 21.3 Å². The molecule has 6 nitrogen and oxygen atoms in total. The van der Waals surface area contributed by atoms with E-state index >= 15 is 0 Å². The topological polar surface area (TPSA) is 82.3 Å². The third-order valence-corrected chi connectivity index (χ3v) is 5.63. The maximum Gasteiger partial charge on any atom is 0.319 e. The Morgan fingerprint density at radius 2 is 1.27 bits per heavy atom. The fourth-order valence-corrected chi connectivity index (χ4v) is 4.11. The monoisotopic (exact) mass is 448 g/mol. The lowest BCUT2D eigenvalue weighted by Gasteiger charge is -2.29. The maximum absolute atomic E-state index is 12.1.